The Balaban J connectivity index is 1.74. The van der Waals surface area contributed by atoms with E-state index in [0.717, 1.165) is 40.4 Å². The third kappa shape index (κ3) is 3.50. The molecule has 26 heavy (non-hydrogen) atoms. The predicted octanol–water partition coefficient (Wildman–Crippen LogP) is 3.72. The predicted molar refractivity (Wildman–Crippen MR) is 105 cm³/mol. The molecular weight excluding hydrogens is 346 g/mol. The van der Waals surface area contributed by atoms with E-state index in [1.165, 1.54) is 32.1 Å². The number of rotatable bonds is 6. The third-order valence-corrected chi connectivity index (χ3v) is 5.68. The minimum atomic E-state index is -0.0822. The Morgan fingerprint density at radius 2 is 2.08 bits per heavy atom. The van der Waals surface area contributed by atoms with Crippen LogP contribution in [0.25, 0.3) is 22.4 Å². The zero-order valence-corrected chi connectivity index (χ0v) is 15.9. The van der Waals surface area contributed by atoms with Gasteiger partial charge in [-0.05, 0) is 37.3 Å². The normalized spacial score (nSPS) is 15.8. The monoisotopic (exact) mass is 371 g/mol. The van der Waals surface area contributed by atoms with Crippen molar-refractivity contribution in [2.45, 2.75) is 51.2 Å². The summed E-state index contributed by atoms with van der Waals surface area (Å²) >= 11 is 1.82. The number of imidazole rings is 1. The summed E-state index contributed by atoms with van der Waals surface area (Å²) in [5, 5.41) is 14.2. The number of benzene rings is 1. The molecule has 0 unspecified atom stereocenters. The number of nitrogens with zero attached hydrogens (tertiary/aromatic N) is 4. The van der Waals surface area contributed by atoms with Gasteiger partial charge >= 0.3 is 0 Å². The Morgan fingerprint density at radius 3 is 2.85 bits per heavy atom. The minimum absolute atomic E-state index is 0.0822. The number of fused-ring (bicyclic) bond motifs is 1. The molecule has 0 atom stereocenters. The van der Waals surface area contributed by atoms with Gasteiger partial charge in [0.15, 0.2) is 11.6 Å². The van der Waals surface area contributed by atoms with Crippen LogP contribution in [0.2, 0.25) is 0 Å². The molecule has 1 saturated carbocycles. The molecule has 0 radical (unpaired) electrons. The fourth-order valence-electron chi connectivity index (χ4n) is 3.72. The molecule has 0 bridgehead atoms. The lowest BCUT2D eigenvalue weighted by atomic mass is 9.95. The molecule has 2 aromatic heterocycles. The lowest BCUT2D eigenvalue weighted by Crippen LogP contribution is -2.15. The number of aliphatic hydroxyl groups is 1. The highest BCUT2D eigenvalue weighted by atomic mass is 32.2. The molecule has 138 valence electrons. The molecule has 2 heterocycles. The standard InChI is InChI=1S/C19H25N5OS/c1-26-10-9-17-22-19(24(23-17)14-5-3-2-4-6-14)13-7-8-15-16(11-13)21-18(12-25)20-15/h7-8,11,14,25H,2-6,9-10,12H2,1H3,(H,20,21). The molecule has 1 aromatic carbocycles. The van der Waals surface area contributed by atoms with Gasteiger partial charge in [0.2, 0.25) is 0 Å². The number of hydrogen-bond donors (Lipinski definition) is 2. The molecule has 6 nitrogen and oxygen atoms in total. The Kier molecular flexibility index (Phi) is 5.26. The van der Waals surface area contributed by atoms with Crippen LogP contribution in [-0.4, -0.2) is 41.8 Å². The van der Waals surface area contributed by atoms with Crippen molar-refractivity contribution in [2.75, 3.05) is 12.0 Å². The summed E-state index contributed by atoms with van der Waals surface area (Å²) in [5.41, 5.74) is 2.85. The summed E-state index contributed by atoms with van der Waals surface area (Å²) in [6.45, 7) is -0.0822. The van der Waals surface area contributed by atoms with E-state index in [4.69, 9.17) is 10.1 Å². The summed E-state index contributed by atoms with van der Waals surface area (Å²) in [6.07, 6.45) is 9.23. The van der Waals surface area contributed by atoms with Crippen LogP contribution < -0.4 is 0 Å². The molecule has 3 aromatic rings. The van der Waals surface area contributed by atoms with Crippen LogP contribution in [0.15, 0.2) is 18.2 Å². The maximum absolute atomic E-state index is 9.30. The van der Waals surface area contributed by atoms with E-state index in [-0.39, 0.29) is 6.61 Å². The molecule has 0 amide bonds. The smallest absolute Gasteiger partial charge is 0.158 e. The first-order chi connectivity index (χ1) is 12.8. The highest BCUT2D eigenvalue weighted by molar-refractivity contribution is 7.98. The van der Waals surface area contributed by atoms with Gasteiger partial charge < -0.3 is 10.1 Å². The summed E-state index contributed by atoms with van der Waals surface area (Å²) < 4.78 is 2.17. The van der Waals surface area contributed by atoms with Gasteiger partial charge in [-0.25, -0.2) is 14.6 Å². The number of nitrogens with one attached hydrogen (secondary N) is 1. The van der Waals surface area contributed by atoms with Gasteiger partial charge in [-0.15, -0.1) is 0 Å². The second-order valence-electron chi connectivity index (χ2n) is 6.90. The number of aromatic amines is 1. The summed E-state index contributed by atoms with van der Waals surface area (Å²) in [6, 6.07) is 6.57. The van der Waals surface area contributed by atoms with Crippen LogP contribution in [0.1, 0.15) is 49.8 Å². The molecule has 4 rings (SSSR count). The fraction of sp³-hybridized carbons (Fsp3) is 0.526. The topological polar surface area (TPSA) is 79.6 Å². The maximum atomic E-state index is 9.30. The first-order valence-corrected chi connectivity index (χ1v) is 10.7. The zero-order valence-electron chi connectivity index (χ0n) is 15.1. The average Bonchev–Trinajstić information content (AvgIpc) is 3.30. The van der Waals surface area contributed by atoms with Crippen molar-refractivity contribution in [3.05, 3.63) is 29.8 Å². The van der Waals surface area contributed by atoms with E-state index in [9.17, 15) is 5.11 Å². The average molecular weight is 372 g/mol. The van der Waals surface area contributed by atoms with Gasteiger partial charge in [0.1, 0.15) is 12.4 Å². The Bertz CT molecular complexity index is 881. The van der Waals surface area contributed by atoms with E-state index in [1.807, 2.05) is 17.8 Å². The van der Waals surface area contributed by atoms with E-state index in [0.29, 0.717) is 11.9 Å². The molecule has 1 aliphatic carbocycles. The van der Waals surface area contributed by atoms with Crippen molar-refractivity contribution in [3.63, 3.8) is 0 Å². The number of thioether (sulfide) groups is 1. The van der Waals surface area contributed by atoms with Crippen molar-refractivity contribution < 1.29 is 5.11 Å². The van der Waals surface area contributed by atoms with Crippen LogP contribution in [0, 0.1) is 0 Å². The summed E-state index contributed by atoms with van der Waals surface area (Å²) in [7, 11) is 0. The molecular formula is C19H25N5OS. The maximum Gasteiger partial charge on any atom is 0.158 e. The second kappa shape index (κ2) is 7.80. The van der Waals surface area contributed by atoms with Gasteiger partial charge in [-0.1, -0.05) is 19.3 Å². The summed E-state index contributed by atoms with van der Waals surface area (Å²) in [5.74, 6) is 3.51. The van der Waals surface area contributed by atoms with Crippen molar-refractivity contribution in [1.82, 2.24) is 24.7 Å². The summed E-state index contributed by atoms with van der Waals surface area (Å²) in [4.78, 5) is 12.4. The second-order valence-corrected chi connectivity index (χ2v) is 7.89. The Morgan fingerprint density at radius 1 is 1.23 bits per heavy atom. The Hall–Kier alpha value is -1.86. The van der Waals surface area contributed by atoms with Gasteiger partial charge in [0.05, 0.1) is 17.1 Å². The largest absolute Gasteiger partial charge is 0.388 e. The van der Waals surface area contributed by atoms with Gasteiger partial charge in [0, 0.05) is 17.7 Å². The number of aliphatic hydroxyl groups excluding tert-OH is 1. The van der Waals surface area contributed by atoms with Crippen LogP contribution in [0.5, 0.6) is 0 Å². The van der Waals surface area contributed by atoms with E-state index in [1.54, 1.807) is 0 Å². The van der Waals surface area contributed by atoms with E-state index in [2.05, 4.69) is 33.0 Å². The van der Waals surface area contributed by atoms with Crippen LogP contribution >= 0.6 is 11.8 Å². The van der Waals surface area contributed by atoms with Crippen LogP contribution in [0.4, 0.5) is 0 Å². The first-order valence-electron chi connectivity index (χ1n) is 9.32. The van der Waals surface area contributed by atoms with E-state index >= 15 is 0 Å². The minimum Gasteiger partial charge on any atom is -0.388 e. The fourth-order valence-corrected chi connectivity index (χ4v) is 4.11. The SMILES string of the molecule is CSCCc1nc(-c2ccc3nc(CO)[nH]c3c2)n(C2CCCCC2)n1. The first kappa shape index (κ1) is 17.5. The van der Waals surface area contributed by atoms with Crippen LogP contribution in [0.3, 0.4) is 0 Å². The zero-order chi connectivity index (χ0) is 17.9. The van der Waals surface area contributed by atoms with Crippen molar-refractivity contribution in [1.29, 1.82) is 0 Å². The Labute approximate surface area is 157 Å². The van der Waals surface area contributed by atoms with Gasteiger partial charge in [-0.3, -0.25) is 0 Å². The number of hydrogen-bond acceptors (Lipinski definition) is 5. The van der Waals surface area contributed by atoms with Crippen molar-refractivity contribution >= 4 is 22.8 Å². The third-order valence-electron chi connectivity index (χ3n) is 5.06. The lowest BCUT2D eigenvalue weighted by Gasteiger charge is -2.23. The highest BCUT2D eigenvalue weighted by Crippen LogP contribution is 2.32. The van der Waals surface area contributed by atoms with E-state index < -0.39 is 0 Å². The molecule has 0 spiro atoms. The molecule has 0 saturated heterocycles. The molecule has 1 fully saturated rings. The van der Waals surface area contributed by atoms with Crippen molar-refractivity contribution in [3.8, 4) is 11.4 Å². The van der Waals surface area contributed by atoms with Gasteiger partial charge in [0.25, 0.3) is 0 Å². The number of aryl methyl sites for hydroxylation is 1. The van der Waals surface area contributed by atoms with Gasteiger partial charge in [-0.2, -0.15) is 16.9 Å². The lowest BCUT2D eigenvalue weighted by molar-refractivity contribution is 0.273. The number of H-pyrrole nitrogens is 1. The molecule has 7 heteroatoms. The molecule has 2 N–H and O–H groups in total. The molecule has 0 aliphatic heterocycles. The molecule has 1 aliphatic rings. The highest BCUT2D eigenvalue weighted by Gasteiger charge is 2.22. The van der Waals surface area contributed by atoms with Crippen LogP contribution in [-0.2, 0) is 13.0 Å². The number of aromatic nitrogens is 5. The quantitative estimate of drug-likeness (QED) is 0.690. The van der Waals surface area contributed by atoms with Crippen molar-refractivity contribution in [2.24, 2.45) is 0 Å².